The number of aliphatic hydroxyl groups excluding tert-OH is 1. The fraction of sp³-hybridized carbons (Fsp3) is 0.545. The third-order valence-corrected chi connectivity index (χ3v) is 9.62. The number of phosphoric ester groups is 2. The molecule has 23 nitrogen and oxygen atoms in total. The Morgan fingerprint density at radius 2 is 1.57 bits per heavy atom. The molecule has 25 heteroatoms. The third-order valence-electron chi connectivity index (χ3n) is 7.65. The molecular weight excluding hydrogens is 674 g/mol. The topological polar surface area (TPSA) is 319 Å². The highest BCUT2D eigenvalue weighted by atomic mass is 31.2. The average Bonchev–Trinajstić information content (AvgIpc) is 3.76. The molecule has 3 saturated heterocycles. The summed E-state index contributed by atoms with van der Waals surface area (Å²) in [6.45, 7) is 0.203. The lowest BCUT2D eigenvalue weighted by Crippen LogP contribution is -2.38. The quantitative estimate of drug-likeness (QED) is 0.135. The van der Waals surface area contributed by atoms with Crippen LogP contribution in [-0.4, -0.2) is 110 Å². The molecule has 0 radical (unpaired) electrons. The number of nitrogens with two attached hydrogens (primary N) is 2. The van der Waals surface area contributed by atoms with E-state index in [1.807, 2.05) is 0 Å². The minimum absolute atomic E-state index is 0.0432. The van der Waals surface area contributed by atoms with Gasteiger partial charge in [-0.3, -0.25) is 37.0 Å². The molecule has 0 amide bonds. The second-order valence-electron chi connectivity index (χ2n) is 10.6. The lowest BCUT2D eigenvalue weighted by molar-refractivity contribution is -0.0677. The van der Waals surface area contributed by atoms with Gasteiger partial charge in [-0.1, -0.05) is 0 Å². The third kappa shape index (κ3) is 5.83. The number of ether oxygens (including phenoxy) is 3. The fourth-order valence-corrected chi connectivity index (χ4v) is 7.57. The normalized spacial score (nSPS) is 36.6. The van der Waals surface area contributed by atoms with E-state index in [0.717, 1.165) is 6.33 Å². The first kappa shape index (κ1) is 32.1. The van der Waals surface area contributed by atoms with E-state index < -0.39 is 83.5 Å². The van der Waals surface area contributed by atoms with Gasteiger partial charge in [0.2, 0.25) is 5.95 Å². The highest BCUT2D eigenvalue weighted by Gasteiger charge is 2.54. The van der Waals surface area contributed by atoms with Crippen LogP contribution in [0.5, 0.6) is 0 Å². The van der Waals surface area contributed by atoms with Crippen molar-refractivity contribution >= 4 is 49.7 Å². The highest BCUT2D eigenvalue weighted by Crippen LogP contribution is 2.54. The summed E-state index contributed by atoms with van der Waals surface area (Å²) in [7, 11) is -10.1. The highest BCUT2D eigenvalue weighted by molar-refractivity contribution is 7.47. The molecule has 254 valence electrons. The number of hydrogen-bond acceptors (Lipinski definition) is 18. The number of rotatable bonds is 4. The second-order valence-corrected chi connectivity index (χ2v) is 13.4. The van der Waals surface area contributed by atoms with Gasteiger partial charge in [0, 0.05) is 6.61 Å². The van der Waals surface area contributed by atoms with Crippen molar-refractivity contribution in [1.82, 2.24) is 39.0 Å². The van der Waals surface area contributed by atoms with Crippen LogP contribution >= 0.6 is 15.6 Å². The van der Waals surface area contributed by atoms with Gasteiger partial charge in [0.25, 0.3) is 5.56 Å². The lowest BCUT2D eigenvalue weighted by Gasteiger charge is -2.26. The summed E-state index contributed by atoms with van der Waals surface area (Å²) in [5.74, 6) is -0.200. The Balaban J connectivity index is 1.23. The standard InChI is InChI=1S/C22H28N10O13P2/c1-2-39-14-9-4-41-46(35,36)44-13-8(42-20(12(13)33)31-6-27-10-16(23)25-5-26-17(10)31)3-40-47(37,38)45-15(14)21(43-9)32-7-28-11-18(32)29-22(24)30-19(11)34/h5-9,12-15,20-21,33H,2-4H2,1H3,(H,35,36)(H,37,38)(H2,23,25,26)(H3,24,29,30,34)/t8-,9-,12+,13?,14?,15+,20-,21-/m1/s1. The van der Waals surface area contributed by atoms with E-state index in [9.17, 15) is 28.8 Å². The zero-order chi connectivity index (χ0) is 33.2. The van der Waals surface area contributed by atoms with Crippen molar-refractivity contribution in [3.05, 3.63) is 29.3 Å². The molecule has 8 N–H and O–H groups in total. The number of nitrogen functional groups attached to an aromatic ring is 2. The number of imidazole rings is 2. The van der Waals surface area contributed by atoms with Crippen molar-refractivity contribution in [2.45, 2.75) is 56.0 Å². The van der Waals surface area contributed by atoms with Crippen LogP contribution in [0.25, 0.3) is 22.3 Å². The first-order valence-corrected chi connectivity index (χ1v) is 16.9. The zero-order valence-electron chi connectivity index (χ0n) is 24.1. The van der Waals surface area contributed by atoms with Crippen LogP contribution < -0.4 is 17.0 Å². The maximum absolute atomic E-state index is 13.4. The molecule has 3 aliphatic heterocycles. The molecular formula is C22H28N10O13P2. The Morgan fingerprint density at radius 3 is 2.30 bits per heavy atom. The maximum Gasteiger partial charge on any atom is 0.472 e. The summed E-state index contributed by atoms with van der Waals surface area (Å²) in [5.41, 5.74) is 11.1. The molecule has 47 heavy (non-hydrogen) atoms. The first-order chi connectivity index (χ1) is 22.4. The van der Waals surface area contributed by atoms with Crippen LogP contribution in [0, 0.1) is 0 Å². The van der Waals surface area contributed by atoms with Crippen molar-refractivity contribution in [1.29, 1.82) is 0 Å². The summed E-state index contributed by atoms with van der Waals surface area (Å²) in [6.07, 6.45) is -7.82. The SMILES string of the molecule is CCOC1[C@H]2COP(=O)(O)OC3[C@@H](COP(=O)(O)O[C@@H]1[C@H](n1cnc4c(=O)[nH]c(N)nc41)O2)O[C@@H](n1cnc2c(N)ncnc21)[C@H]3O. The van der Waals surface area contributed by atoms with Gasteiger partial charge in [-0.05, 0) is 6.92 Å². The predicted molar refractivity (Wildman–Crippen MR) is 153 cm³/mol. The van der Waals surface area contributed by atoms with Gasteiger partial charge in [-0.25, -0.2) is 29.1 Å². The van der Waals surface area contributed by atoms with E-state index in [2.05, 4.69) is 29.9 Å². The summed E-state index contributed by atoms with van der Waals surface area (Å²) in [6, 6.07) is 0. The van der Waals surface area contributed by atoms with Crippen LogP contribution in [0.15, 0.2) is 23.8 Å². The minimum atomic E-state index is -5.06. The summed E-state index contributed by atoms with van der Waals surface area (Å²) < 4.78 is 68.5. The number of nitrogens with zero attached hydrogens (tertiary/aromatic N) is 7. The predicted octanol–water partition coefficient (Wildman–Crippen LogP) is -1.30. The summed E-state index contributed by atoms with van der Waals surface area (Å²) in [4.78, 5) is 56.6. The van der Waals surface area contributed by atoms with E-state index in [4.69, 9.17) is 43.8 Å². The molecule has 7 heterocycles. The molecule has 4 aromatic rings. The Hall–Kier alpha value is -3.44. The van der Waals surface area contributed by atoms with Crippen molar-refractivity contribution < 1.29 is 56.3 Å². The van der Waals surface area contributed by atoms with E-state index in [0.29, 0.717) is 0 Å². The number of aromatic nitrogens is 8. The van der Waals surface area contributed by atoms with Crippen molar-refractivity contribution in [3.63, 3.8) is 0 Å². The molecule has 7 rings (SSSR count). The number of hydrogen-bond donors (Lipinski definition) is 6. The zero-order valence-corrected chi connectivity index (χ0v) is 25.9. The molecule has 0 aromatic carbocycles. The molecule has 0 aliphatic carbocycles. The first-order valence-electron chi connectivity index (χ1n) is 13.9. The lowest BCUT2D eigenvalue weighted by atomic mass is 10.1. The van der Waals surface area contributed by atoms with Gasteiger partial charge in [0.15, 0.2) is 35.1 Å². The Morgan fingerprint density at radius 1 is 0.936 bits per heavy atom. The van der Waals surface area contributed by atoms with Crippen molar-refractivity contribution in [3.8, 4) is 0 Å². The fourth-order valence-electron chi connectivity index (χ4n) is 5.68. The largest absolute Gasteiger partial charge is 0.472 e. The number of aliphatic hydroxyl groups is 1. The number of nitrogens with one attached hydrogen (secondary N) is 1. The van der Waals surface area contributed by atoms with Gasteiger partial charge < -0.3 is 40.6 Å². The number of phosphoric acid groups is 2. The molecule has 10 atom stereocenters. The minimum Gasteiger partial charge on any atom is -0.386 e. The number of H-pyrrole nitrogens is 1. The monoisotopic (exact) mass is 702 g/mol. The van der Waals surface area contributed by atoms with E-state index in [1.54, 1.807) is 6.92 Å². The van der Waals surface area contributed by atoms with E-state index >= 15 is 0 Å². The number of fused-ring (bicyclic) bond motifs is 5. The van der Waals surface area contributed by atoms with Gasteiger partial charge >= 0.3 is 15.6 Å². The molecule has 2 bridgehead atoms. The number of aromatic amines is 1. The van der Waals surface area contributed by atoms with Crippen LogP contribution in [0.4, 0.5) is 11.8 Å². The molecule has 4 unspecified atom stereocenters. The van der Waals surface area contributed by atoms with Gasteiger partial charge in [-0.2, -0.15) is 4.98 Å². The van der Waals surface area contributed by atoms with Gasteiger partial charge in [0.05, 0.1) is 25.9 Å². The maximum atomic E-state index is 13.4. The van der Waals surface area contributed by atoms with Crippen LogP contribution in [0.1, 0.15) is 19.4 Å². The van der Waals surface area contributed by atoms with E-state index in [-0.39, 0.29) is 40.7 Å². The second kappa shape index (κ2) is 11.9. The Kier molecular flexibility index (Phi) is 8.14. The van der Waals surface area contributed by atoms with Gasteiger partial charge in [0.1, 0.15) is 48.5 Å². The number of anilines is 2. The van der Waals surface area contributed by atoms with E-state index in [1.165, 1.54) is 21.8 Å². The van der Waals surface area contributed by atoms with Crippen molar-refractivity contribution in [2.24, 2.45) is 0 Å². The molecule has 3 aliphatic rings. The van der Waals surface area contributed by atoms with Gasteiger partial charge in [-0.15, -0.1) is 0 Å². The Bertz CT molecular complexity index is 1970. The summed E-state index contributed by atoms with van der Waals surface area (Å²) in [5, 5.41) is 11.2. The van der Waals surface area contributed by atoms with Crippen LogP contribution in [0.2, 0.25) is 0 Å². The smallest absolute Gasteiger partial charge is 0.386 e. The molecule has 4 aromatic heterocycles. The molecule has 0 saturated carbocycles. The average molecular weight is 702 g/mol. The van der Waals surface area contributed by atoms with Crippen LogP contribution in [0.3, 0.4) is 0 Å². The molecule has 3 fully saturated rings. The van der Waals surface area contributed by atoms with Crippen LogP contribution in [-0.2, 0) is 41.4 Å². The van der Waals surface area contributed by atoms with Crippen molar-refractivity contribution in [2.75, 3.05) is 31.3 Å². The Labute approximate surface area is 261 Å². The summed E-state index contributed by atoms with van der Waals surface area (Å²) >= 11 is 0. The molecule has 0 spiro atoms.